The second-order valence-electron chi connectivity index (χ2n) is 4.35. The highest BCUT2D eigenvalue weighted by molar-refractivity contribution is 5.67. The fourth-order valence-corrected chi connectivity index (χ4v) is 1.76. The maximum Gasteiger partial charge on any atom is 0.265 e. The molecule has 2 rings (SSSR count). The third-order valence-electron chi connectivity index (χ3n) is 2.83. The second-order valence-corrected chi connectivity index (χ2v) is 4.35. The summed E-state index contributed by atoms with van der Waals surface area (Å²) in [5.41, 5.74) is 5.15. The lowest BCUT2D eigenvalue weighted by molar-refractivity contribution is 0.152. The van der Waals surface area contributed by atoms with E-state index in [4.69, 9.17) is 5.73 Å². The van der Waals surface area contributed by atoms with Crippen LogP contribution in [0.4, 0.5) is 34.6 Å². The summed E-state index contributed by atoms with van der Waals surface area (Å²) in [7, 11) is 0. The number of nitrogens with two attached hydrogens (primary N) is 1. The first kappa shape index (κ1) is 14.2. The van der Waals surface area contributed by atoms with Gasteiger partial charge in [-0.3, -0.25) is 0 Å². The van der Waals surface area contributed by atoms with Gasteiger partial charge in [0.05, 0.1) is 5.69 Å². The number of anilines is 3. The van der Waals surface area contributed by atoms with Crippen molar-refractivity contribution >= 4 is 17.1 Å². The molecular weight excluding hydrogens is 272 g/mol. The highest BCUT2D eigenvalue weighted by atomic mass is 19.3. The number of alkyl halides is 2. The van der Waals surface area contributed by atoms with Gasteiger partial charge in [0.1, 0.15) is 11.6 Å². The van der Waals surface area contributed by atoms with Gasteiger partial charge in [-0.05, 0) is 36.8 Å². The minimum absolute atomic E-state index is 0.0173. The number of nitrogens with one attached hydrogen (secondary N) is 1. The van der Waals surface area contributed by atoms with Gasteiger partial charge in [0.25, 0.3) is 6.43 Å². The number of rotatable bonds is 3. The summed E-state index contributed by atoms with van der Waals surface area (Å²) in [6.45, 7) is 1.41. The SMILES string of the molecule is Cc1cc(F)c(Nc2ccc(N)cc2C(F)F)cc1F. The maximum absolute atomic E-state index is 13.7. The molecule has 3 N–H and O–H groups in total. The van der Waals surface area contributed by atoms with Gasteiger partial charge in [-0.1, -0.05) is 0 Å². The van der Waals surface area contributed by atoms with E-state index in [-0.39, 0.29) is 28.2 Å². The zero-order chi connectivity index (χ0) is 14.9. The molecule has 0 aliphatic carbocycles. The molecule has 0 fully saturated rings. The first-order valence-corrected chi connectivity index (χ1v) is 5.78. The monoisotopic (exact) mass is 284 g/mol. The number of nitrogen functional groups attached to an aromatic ring is 1. The summed E-state index contributed by atoms with van der Waals surface area (Å²) < 4.78 is 52.9. The van der Waals surface area contributed by atoms with Crippen molar-refractivity contribution in [3.05, 3.63) is 53.1 Å². The van der Waals surface area contributed by atoms with E-state index in [2.05, 4.69) is 5.32 Å². The number of hydrogen-bond acceptors (Lipinski definition) is 2. The van der Waals surface area contributed by atoms with Crippen LogP contribution in [0.5, 0.6) is 0 Å². The summed E-state index contributed by atoms with van der Waals surface area (Å²) >= 11 is 0. The largest absolute Gasteiger partial charge is 0.399 e. The fraction of sp³-hybridized carbons (Fsp3) is 0.143. The highest BCUT2D eigenvalue weighted by Crippen LogP contribution is 2.32. The van der Waals surface area contributed by atoms with Crippen LogP contribution in [0, 0.1) is 18.6 Å². The van der Waals surface area contributed by atoms with E-state index in [1.165, 1.54) is 19.1 Å². The molecule has 20 heavy (non-hydrogen) atoms. The van der Waals surface area contributed by atoms with Gasteiger partial charge in [0, 0.05) is 23.0 Å². The molecule has 0 spiro atoms. The van der Waals surface area contributed by atoms with E-state index in [0.717, 1.165) is 18.2 Å². The smallest absolute Gasteiger partial charge is 0.265 e. The Hall–Kier alpha value is -2.24. The zero-order valence-corrected chi connectivity index (χ0v) is 10.6. The Morgan fingerprint density at radius 1 is 1.00 bits per heavy atom. The summed E-state index contributed by atoms with van der Waals surface area (Å²) in [5, 5.41) is 2.47. The predicted octanol–water partition coefficient (Wildman–Crippen LogP) is 4.54. The highest BCUT2D eigenvalue weighted by Gasteiger charge is 2.15. The van der Waals surface area contributed by atoms with Crippen LogP contribution in [0.2, 0.25) is 0 Å². The van der Waals surface area contributed by atoms with Crippen LogP contribution in [-0.4, -0.2) is 0 Å². The third-order valence-corrected chi connectivity index (χ3v) is 2.83. The van der Waals surface area contributed by atoms with Gasteiger partial charge < -0.3 is 11.1 Å². The standard InChI is InChI=1S/C14H12F4N2/c1-7-4-11(16)13(6-10(7)15)20-12-3-2-8(19)5-9(12)14(17)18/h2-6,14,20H,19H2,1H3. The Bertz CT molecular complexity index is 641. The quantitative estimate of drug-likeness (QED) is 0.641. The molecule has 0 aliphatic heterocycles. The van der Waals surface area contributed by atoms with Crippen LogP contribution in [-0.2, 0) is 0 Å². The first-order valence-electron chi connectivity index (χ1n) is 5.78. The van der Waals surface area contributed by atoms with Gasteiger partial charge >= 0.3 is 0 Å². The van der Waals surface area contributed by atoms with Crippen molar-refractivity contribution in [2.75, 3.05) is 11.1 Å². The fourth-order valence-electron chi connectivity index (χ4n) is 1.76. The van der Waals surface area contributed by atoms with Crippen LogP contribution in [0.3, 0.4) is 0 Å². The Labute approximate surface area is 113 Å². The molecular formula is C14H12F4N2. The van der Waals surface area contributed by atoms with E-state index in [0.29, 0.717) is 0 Å². The van der Waals surface area contributed by atoms with Crippen LogP contribution >= 0.6 is 0 Å². The van der Waals surface area contributed by atoms with Gasteiger partial charge in [-0.2, -0.15) is 0 Å². The molecule has 0 saturated carbocycles. The molecule has 6 heteroatoms. The molecule has 0 aromatic heterocycles. The summed E-state index contributed by atoms with van der Waals surface area (Å²) in [5.74, 6) is -1.34. The van der Waals surface area contributed by atoms with Crippen molar-refractivity contribution < 1.29 is 17.6 Å². The van der Waals surface area contributed by atoms with Crippen molar-refractivity contribution in [1.82, 2.24) is 0 Å². The molecule has 0 bridgehead atoms. The van der Waals surface area contributed by atoms with Crippen LogP contribution < -0.4 is 11.1 Å². The topological polar surface area (TPSA) is 38.0 Å². The number of aryl methyl sites for hydroxylation is 1. The summed E-state index contributed by atoms with van der Waals surface area (Å²) in [4.78, 5) is 0. The van der Waals surface area contributed by atoms with Crippen molar-refractivity contribution in [1.29, 1.82) is 0 Å². The van der Waals surface area contributed by atoms with Crippen LogP contribution in [0.15, 0.2) is 30.3 Å². The summed E-state index contributed by atoms with van der Waals surface area (Å²) in [6.07, 6.45) is -2.78. The predicted molar refractivity (Wildman–Crippen MR) is 70.2 cm³/mol. The van der Waals surface area contributed by atoms with Crippen LogP contribution in [0.1, 0.15) is 17.6 Å². The molecule has 0 unspecified atom stereocenters. The molecule has 0 amide bonds. The van der Waals surface area contributed by atoms with Crippen molar-refractivity contribution in [2.24, 2.45) is 0 Å². The molecule has 0 aliphatic rings. The first-order chi connectivity index (χ1) is 9.38. The number of hydrogen-bond donors (Lipinski definition) is 2. The molecule has 2 aromatic carbocycles. The van der Waals surface area contributed by atoms with E-state index < -0.39 is 18.1 Å². The lowest BCUT2D eigenvalue weighted by atomic mass is 10.1. The molecule has 2 aromatic rings. The van der Waals surface area contributed by atoms with Crippen molar-refractivity contribution in [3.8, 4) is 0 Å². The van der Waals surface area contributed by atoms with Gasteiger partial charge in [0.15, 0.2) is 0 Å². The lowest BCUT2D eigenvalue weighted by Gasteiger charge is -2.13. The Morgan fingerprint density at radius 2 is 1.70 bits per heavy atom. The minimum atomic E-state index is -2.78. The maximum atomic E-state index is 13.7. The van der Waals surface area contributed by atoms with E-state index >= 15 is 0 Å². The molecule has 0 radical (unpaired) electrons. The Morgan fingerprint density at radius 3 is 2.35 bits per heavy atom. The van der Waals surface area contributed by atoms with Gasteiger partial charge in [-0.15, -0.1) is 0 Å². The van der Waals surface area contributed by atoms with Crippen LogP contribution in [0.25, 0.3) is 0 Å². The molecule has 106 valence electrons. The minimum Gasteiger partial charge on any atom is -0.399 e. The number of halogens is 4. The average molecular weight is 284 g/mol. The van der Waals surface area contributed by atoms with Crippen molar-refractivity contribution in [3.63, 3.8) is 0 Å². The average Bonchev–Trinajstić information content (AvgIpc) is 2.37. The zero-order valence-electron chi connectivity index (χ0n) is 10.6. The van der Waals surface area contributed by atoms with Gasteiger partial charge in [-0.25, -0.2) is 17.6 Å². The molecule has 2 nitrogen and oxygen atoms in total. The molecule has 0 atom stereocenters. The van der Waals surface area contributed by atoms with Crippen molar-refractivity contribution in [2.45, 2.75) is 13.3 Å². The molecule has 0 saturated heterocycles. The number of benzene rings is 2. The van der Waals surface area contributed by atoms with E-state index in [1.54, 1.807) is 0 Å². The van der Waals surface area contributed by atoms with E-state index in [9.17, 15) is 17.6 Å². The normalized spacial score (nSPS) is 10.9. The third kappa shape index (κ3) is 2.84. The Balaban J connectivity index is 2.42. The van der Waals surface area contributed by atoms with Gasteiger partial charge in [0.2, 0.25) is 0 Å². The second kappa shape index (κ2) is 5.40. The molecule has 0 heterocycles. The lowest BCUT2D eigenvalue weighted by Crippen LogP contribution is -2.01. The summed E-state index contributed by atoms with van der Waals surface area (Å²) in [6, 6.07) is 5.72. The van der Waals surface area contributed by atoms with E-state index in [1.807, 2.05) is 0 Å². The Kier molecular flexibility index (Phi) is 3.83.